The molecule has 1 aromatic carbocycles. The van der Waals surface area contributed by atoms with Crippen molar-refractivity contribution in [3.05, 3.63) is 35.4 Å². The molecule has 4 nitrogen and oxygen atoms in total. The normalized spacial score (nSPS) is 15.5. The molecule has 3 rings (SSSR count). The first-order valence-corrected chi connectivity index (χ1v) is 6.55. The highest BCUT2D eigenvalue weighted by Gasteiger charge is 2.16. The third kappa shape index (κ3) is 2.25. The highest BCUT2D eigenvalue weighted by molar-refractivity contribution is 5.83. The van der Waals surface area contributed by atoms with Crippen LogP contribution in [0.4, 0.5) is 5.82 Å². The molecule has 19 heavy (non-hydrogen) atoms. The van der Waals surface area contributed by atoms with E-state index in [-0.39, 0.29) is 0 Å². The van der Waals surface area contributed by atoms with Gasteiger partial charge in [0.25, 0.3) is 0 Å². The van der Waals surface area contributed by atoms with Crippen LogP contribution >= 0.6 is 0 Å². The van der Waals surface area contributed by atoms with Gasteiger partial charge in [-0.1, -0.05) is 12.1 Å². The number of piperazine rings is 1. The Kier molecular flexibility index (Phi) is 3.06. The van der Waals surface area contributed by atoms with Crippen molar-refractivity contribution in [2.45, 2.75) is 6.92 Å². The predicted octanol–water partition coefficient (Wildman–Crippen LogP) is 1.82. The first-order chi connectivity index (χ1) is 9.28. The van der Waals surface area contributed by atoms with Crippen LogP contribution in [0.3, 0.4) is 0 Å². The van der Waals surface area contributed by atoms with Crippen LogP contribution in [0, 0.1) is 18.3 Å². The second-order valence-electron chi connectivity index (χ2n) is 4.90. The lowest BCUT2D eigenvalue weighted by atomic mass is 10.1. The van der Waals surface area contributed by atoms with Gasteiger partial charge in [0.1, 0.15) is 11.9 Å². The molecule has 0 spiro atoms. The summed E-state index contributed by atoms with van der Waals surface area (Å²) in [5, 5.41) is 13.7. The number of nitriles is 1. The van der Waals surface area contributed by atoms with E-state index >= 15 is 0 Å². The third-order valence-electron chi connectivity index (χ3n) is 3.49. The lowest BCUT2D eigenvalue weighted by Gasteiger charge is -2.29. The Hall–Kier alpha value is -2.12. The van der Waals surface area contributed by atoms with Crippen LogP contribution in [0.25, 0.3) is 10.9 Å². The SMILES string of the molecule is Cc1ccc2cc(C#N)c(N3CCNCC3)nc2c1. The molecule has 2 aromatic rings. The van der Waals surface area contributed by atoms with E-state index < -0.39 is 0 Å². The Morgan fingerprint density at radius 3 is 2.79 bits per heavy atom. The molecule has 0 saturated carbocycles. The van der Waals surface area contributed by atoms with E-state index in [4.69, 9.17) is 4.98 Å². The van der Waals surface area contributed by atoms with Crippen LogP contribution < -0.4 is 10.2 Å². The van der Waals surface area contributed by atoms with E-state index in [1.54, 1.807) is 0 Å². The van der Waals surface area contributed by atoms with Crippen LogP contribution in [0.15, 0.2) is 24.3 Å². The van der Waals surface area contributed by atoms with Gasteiger partial charge >= 0.3 is 0 Å². The number of pyridine rings is 1. The van der Waals surface area contributed by atoms with Gasteiger partial charge in [0, 0.05) is 31.6 Å². The summed E-state index contributed by atoms with van der Waals surface area (Å²) in [5.74, 6) is 0.821. The van der Waals surface area contributed by atoms with Gasteiger partial charge in [0.2, 0.25) is 0 Å². The quantitative estimate of drug-likeness (QED) is 0.841. The van der Waals surface area contributed by atoms with Gasteiger partial charge in [-0.3, -0.25) is 0 Å². The highest BCUT2D eigenvalue weighted by atomic mass is 15.2. The third-order valence-corrected chi connectivity index (χ3v) is 3.49. The van der Waals surface area contributed by atoms with E-state index in [0.29, 0.717) is 5.56 Å². The zero-order valence-corrected chi connectivity index (χ0v) is 11.0. The minimum absolute atomic E-state index is 0.665. The molecule has 1 aromatic heterocycles. The number of hydrogen-bond acceptors (Lipinski definition) is 4. The standard InChI is InChI=1S/C15H16N4/c1-11-2-3-12-9-13(10-16)15(18-14(12)8-11)19-6-4-17-5-7-19/h2-3,8-9,17H,4-7H2,1H3. The van der Waals surface area contributed by atoms with E-state index in [0.717, 1.165) is 42.9 Å². The fourth-order valence-electron chi connectivity index (χ4n) is 2.47. The summed E-state index contributed by atoms with van der Waals surface area (Å²) in [6, 6.07) is 10.4. The molecular formula is C15H16N4. The molecule has 0 bridgehead atoms. The van der Waals surface area contributed by atoms with E-state index in [9.17, 15) is 5.26 Å². The van der Waals surface area contributed by atoms with Crippen molar-refractivity contribution in [1.29, 1.82) is 5.26 Å². The van der Waals surface area contributed by atoms with Crippen molar-refractivity contribution in [3.8, 4) is 6.07 Å². The van der Waals surface area contributed by atoms with Crippen LogP contribution in [-0.4, -0.2) is 31.2 Å². The Balaban J connectivity index is 2.13. The Morgan fingerprint density at radius 1 is 1.26 bits per heavy atom. The number of hydrogen-bond donors (Lipinski definition) is 1. The van der Waals surface area contributed by atoms with Gasteiger partial charge < -0.3 is 10.2 Å². The van der Waals surface area contributed by atoms with Gasteiger partial charge in [-0.15, -0.1) is 0 Å². The van der Waals surface area contributed by atoms with E-state index in [1.807, 2.05) is 12.1 Å². The largest absolute Gasteiger partial charge is 0.353 e. The average Bonchev–Trinajstić information content (AvgIpc) is 2.46. The average molecular weight is 252 g/mol. The van der Waals surface area contributed by atoms with Crippen molar-refractivity contribution < 1.29 is 0 Å². The van der Waals surface area contributed by atoms with Crippen molar-refractivity contribution in [2.75, 3.05) is 31.1 Å². The summed E-state index contributed by atoms with van der Waals surface area (Å²) in [4.78, 5) is 6.90. The van der Waals surface area contributed by atoms with Gasteiger partial charge in [-0.25, -0.2) is 4.98 Å². The number of benzene rings is 1. The minimum atomic E-state index is 0.665. The lowest BCUT2D eigenvalue weighted by Crippen LogP contribution is -2.44. The number of nitrogens with zero attached hydrogens (tertiary/aromatic N) is 3. The Morgan fingerprint density at radius 2 is 2.05 bits per heavy atom. The summed E-state index contributed by atoms with van der Waals surface area (Å²) in [6.45, 7) is 5.75. The van der Waals surface area contributed by atoms with Crippen LogP contribution in [0.5, 0.6) is 0 Å². The Labute approximate surface area is 112 Å². The number of anilines is 1. The molecule has 0 aliphatic carbocycles. The van der Waals surface area contributed by atoms with E-state index in [2.05, 4.69) is 35.3 Å². The monoisotopic (exact) mass is 252 g/mol. The second-order valence-corrected chi connectivity index (χ2v) is 4.90. The van der Waals surface area contributed by atoms with Crippen molar-refractivity contribution in [1.82, 2.24) is 10.3 Å². The first-order valence-electron chi connectivity index (χ1n) is 6.55. The number of rotatable bonds is 1. The summed E-state index contributed by atoms with van der Waals surface area (Å²) < 4.78 is 0. The maximum absolute atomic E-state index is 9.33. The molecular weight excluding hydrogens is 236 g/mol. The zero-order chi connectivity index (χ0) is 13.2. The smallest absolute Gasteiger partial charge is 0.147 e. The summed E-state index contributed by atoms with van der Waals surface area (Å²) in [5.41, 5.74) is 2.82. The molecule has 0 radical (unpaired) electrons. The summed E-state index contributed by atoms with van der Waals surface area (Å²) in [7, 11) is 0. The van der Waals surface area contributed by atoms with Gasteiger partial charge in [0.05, 0.1) is 11.1 Å². The molecule has 1 saturated heterocycles. The predicted molar refractivity (Wildman–Crippen MR) is 76.3 cm³/mol. The van der Waals surface area contributed by atoms with Crippen molar-refractivity contribution >= 4 is 16.7 Å². The highest BCUT2D eigenvalue weighted by Crippen LogP contribution is 2.24. The fraction of sp³-hybridized carbons (Fsp3) is 0.333. The molecule has 1 aliphatic rings. The molecule has 4 heteroatoms. The van der Waals surface area contributed by atoms with Gasteiger partial charge in [0.15, 0.2) is 0 Å². The molecule has 96 valence electrons. The Bertz CT molecular complexity index is 651. The molecule has 1 N–H and O–H groups in total. The first kappa shape index (κ1) is 11.9. The van der Waals surface area contributed by atoms with E-state index in [1.165, 1.54) is 5.56 Å². The molecule has 0 atom stereocenters. The molecule has 2 heterocycles. The number of aryl methyl sites for hydroxylation is 1. The van der Waals surface area contributed by atoms with Crippen LogP contribution in [0.1, 0.15) is 11.1 Å². The molecule has 0 unspecified atom stereocenters. The lowest BCUT2D eigenvalue weighted by molar-refractivity contribution is 0.585. The summed E-state index contributed by atoms with van der Waals surface area (Å²) >= 11 is 0. The zero-order valence-electron chi connectivity index (χ0n) is 11.0. The van der Waals surface area contributed by atoms with Crippen LogP contribution in [0.2, 0.25) is 0 Å². The van der Waals surface area contributed by atoms with Crippen LogP contribution in [-0.2, 0) is 0 Å². The maximum atomic E-state index is 9.33. The fourth-order valence-corrected chi connectivity index (χ4v) is 2.47. The van der Waals surface area contributed by atoms with Gasteiger partial charge in [-0.2, -0.15) is 5.26 Å². The minimum Gasteiger partial charge on any atom is -0.353 e. The molecule has 1 aliphatic heterocycles. The van der Waals surface area contributed by atoms with Crippen molar-refractivity contribution in [3.63, 3.8) is 0 Å². The second kappa shape index (κ2) is 4.87. The maximum Gasteiger partial charge on any atom is 0.147 e. The number of aromatic nitrogens is 1. The topological polar surface area (TPSA) is 52.0 Å². The van der Waals surface area contributed by atoms with Crippen molar-refractivity contribution in [2.24, 2.45) is 0 Å². The number of nitrogens with one attached hydrogen (secondary N) is 1. The number of fused-ring (bicyclic) bond motifs is 1. The molecule has 0 amide bonds. The summed E-state index contributed by atoms with van der Waals surface area (Å²) in [6.07, 6.45) is 0. The van der Waals surface area contributed by atoms with Gasteiger partial charge in [-0.05, 0) is 24.6 Å². The molecule has 1 fully saturated rings.